The predicted molar refractivity (Wildman–Crippen MR) is 93.5 cm³/mol. The van der Waals surface area contributed by atoms with Crippen LogP contribution < -0.4 is 9.47 Å². The summed E-state index contributed by atoms with van der Waals surface area (Å²) in [6.45, 7) is 3.25. The van der Waals surface area contributed by atoms with Gasteiger partial charge >= 0.3 is 7.12 Å². The van der Waals surface area contributed by atoms with Crippen LogP contribution in [0.2, 0.25) is 6.32 Å². The molecule has 0 aliphatic carbocycles. The van der Waals surface area contributed by atoms with Gasteiger partial charge in [0.15, 0.2) is 11.5 Å². The Bertz CT molecular complexity index is 694. The minimum Gasteiger partial charge on any atom is -0.493 e. The number of hydrogen-bond donors (Lipinski definition) is 1. The van der Waals surface area contributed by atoms with E-state index in [4.69, 9.17) is 14.1 Å². The molecule has 0 radical (unpaired) electrons. The Morgan fingerprint density at radius 2 is 2.12 bits per heavy atom. The van der Waals surface area contributed by atoms with Gasteiger partial charge in [0.25, 0.3) is 0 Å². The molecule has 0 unspecified atom stereocenters. The third-order valence-electron chi connectivity index (χ3n) is 4.17. The van der Waals surface area contributed by atoms with Crippen LogP contribution in [0.25, 0.3) is 11.1 Å². The van der Waals surface area contributed by atoms with Crippen molar-refractivity contribution in [2.45, 2.75) is 25.6 Å². The maximum absolute atomic E-state index is 9.55. The molecule has 0 bridgehead atoms. The van der Waals surface area contributed by atoms with Gasteiger partial charge in [-0.25, -0.2) is 0 Å². The zero-order valence-corrected chi connectivity index (χ0v) is 14.1. The fourth-order valence-corrected chi connectivity index (χ4v) is 2.86. The van der Waals surface area contributed by atoms with Gasteiger partial charge in [0.2, 0.25) is 0 Å². The molecule has 2 heterocycles. The van der Waals surface area contributed by atoms with E-state index in [1.165, 1.54) is 0 Å². The molecule has 1 aliphatic heterocycles. The average molecular weight is 327 g/mol. The van der Waals surface area contributed by atoms with Crippen LogP contribution in [0.5, 0.6) is 11.5 Å². The maximum atomic E-state index is 9.55. The van der Waals surface area contributed by atoms with Gasteiger partial charge in [-0.05, 0) is 42.1 Å². The average Bonchev–Trinajstić information content (AvgIpc) is 3.06. The van der Waals surface area contributed by atoms with Crippen LogP contribution in [0.4, 0.5) is 0 Å². The molecular formula is C18H22BNO4. The molecule has 1 N–H and O–H groups in total. The highest BCUT2D eigenvalue weighted by Gasteiger charge is 2.30. The van der Waals surface area contributed by atoms with Gasteiger partial charge in [0.05, 0.1) is 13.7 Å². The second-order valence-electron chi connectivity index (χ2n) is 5.94. The summed E-state index contributed by atoms with van der Waals surface area (Å²) in [6.07, 6.45) is 5.22. The van der Waals surface area contributed by atoms with E-state index in [2.05, 4.69) is 18.0 Å². The summed E-state index contributed by atoms with van der Waals surface area (Å²) in [4.78, 5) is 4.36. The Morgan fingerprint density at radius 1 is 1.25 bits per heavy atom. The van der Waals surface area contributed by atoms with Gasteiger partial charge in [-0.3, -0.25) is 4.98 Å². The van der Waals surface area contributed by atoms with Crippen LogP contribution in [0.3, 0.4) is 0 Å². The molecule has 1 fully saturated rings. The quantitative estimate of drug-likeness (QED) is 0.826. The molecule has 126 valence electrons. The summed E-state index contributed by atoms with van der Waals surface area (Å²) in [5, 5.41) is 9.55. The van der Waals surface area contributed by atoms with Gasteiger partial charge in [-0.15, -0.1) is 0 Å². The SMILES string of the molecule is CCCOc1cc(-c2cncc([C@@H]3COB(O)C3)c2)ccc1OC. The monoisotopic (exact) mass is 327 g/mol. The highest BCUT2D eigenvalue weighted by atomic mass is 16.5. The van der Waals surface area contributed by atoms with Crippen LogP contribution in [0.15, 0.2) is 36.7 Å². The van der Waals surface area contributed by atoms with Crippen molar-refractivity contribution in [2.75, 3.05) is 20.3 Å². The van der Waals surface area contributed by atoms with E-state index in [9.17, 15) is 5.02 Å². The van der Waals surface area contributed by atoms with E-state index < -0.39 is 7.12 Å². The van der Waals surface area contributed by atoms with Crippen molar-refractivity contribution in [3.05, 3.63) is 42.2 Å². The van der Waals surface area contributed by atoms with Gasteiger partial charge < -0.3 is 19.2 Å². The minimum atomic E-state index is -0.673. The Morgan fingerprint density at radius 3 is 2.83 bits per heavy atom. The van der Waals surface area contributed by atoms with Crippen molar-refractivity contribution in [3.63, 3.8) is 0 Å². The topological polar surface area (TPSA) is 60.8 Å². The summed E-state index contributed by atoms with van der Waals surface area (Å²) in [6, 6.07) is 7.99. The van der Waals surface area contributed by atoms with Crippen molar-refractivity contribution >= 4 is 7.12 Å². The van der Waals surface area contributed by atoms with Crippen LogP contribution in [0.1, 0.15) is 24.8 Å². The van der Waals surface area contributed by atoms with Crippen molar-refractivity contribution in [2.24, 2.45) is 0 Å². The van der Waals surface area contributed by atoms with Crippen LogP contribution >= 0.6 is 0 Å². The summed E-state index contributed by atoms with van der Waals surface area (Å²) in [5.74, 6) is 1.65. The minimum absolute atomic E-state index is 0.182. The first-order valence-electron chi connectivity index (χ1n) is 8.27. The molecule has 1 atom stereocenters. The number of ether oxygens (including phenoxy) is 2. The molecule has 0 spiro atoms. The van der Waals surface area contributed by atoms with Crippen LogP contribution in [0, 0.1) is 0 Å². The van der Waals surface area contributed by atoms with Crippen molar-refractivity contribution in [3.8, 4) is 22.6 Å². The molecule has 1 aromatic heterocycles. The molecule has 1 aliphatic rings. The third-order valence-corrected chi connectivity index (χ3v) is 4.17. The second-order valence-corrected chi connectivity index (χ2v) is 5.94. The van der Waals surface area contributed by atoms with Crippen molar-refractivity contribution in [1.82, 2.24) is 4.98 Å². The Balaban J connectivity index is 1.88. The Hall–Kier alpha value is -2.05. The Kier molecular flexibility index (Phi) is 5.38. The fourth-order valence-electron chi connectivity index (χ4n) is 2.86. The number of benzene rings is 1. The second kappa shape index (κ2) is 7.68. The van der Waals surface area contributed by atoms with Gasteiger partial charge in [-0.1, -0.05) is 13.0 Å². The largest absolute Gasteiger partial charge is 0.493 e. The number of methoxy groups -OCH3 is 1. The van der Waals surface area contributed by atoms with E-state index in [1.54, 1.807) is 7.11 Å². The lowest BCUT2D eigenvalue weighted by Crippen LogP contribution is -2.07. The molecule has 0 saturated carbocycles. The van der Waals surface area contributed by atoms with Crippen molar-refractivity contribution in [1.29, 1.82) is 0 Å². The molecule has 24 heavy (non-hydrogen) atoms. The lowest BCUT2D eigenvalue weighted by Gasteiger charge is -2.13. The summed E-state index contributed by atoms with van der Waals surface area (Å²) in [7, 11) is 0.968. The van der Waals surface area contributed by atoms with E-state index in [0.717, 1.165) is 34.6 Å². The van der Waals surface area contributed by atoms with E-state index in [1.807, 2.05) is 30.6 Å². The zero-order chi connectivity index (χ0) is 16.9. The molecule has 2 aromatic rings. The summed E-state index contributed by atoms with van der Waals surface area (Å²) < 4.78 is 16.4. The first kappa shape index (κ1) is 16.8. The highest BCUT2D eigenvalue weighted by Crippen LogP contribution is 2.34. The maximum Gasteiger partial charge on any atom is 0.454 e. The van der Waals surface area contributed by atoms with Crippen molar-refractivity contribution < 1.29 is 19.2 Å². The fraction of sp³-hybridized carbons (Fsp3) is 0.389. The number of hydrogen-bond acceptors (Lipinski definition) is 5. The number of rotatable bonds is 6. The van der Waals surface area contributed by atoms with E-state index in [0.29, 0.717) is 19.5 Å². The molecular weight excluding hydrogens is 305 g/mol. The molecule has 3 rings (SSSR count). The molecule has 6 heteroatoms. The summed E-state index contributed by atoms with van der Waals surface area (Å²) >= 11 is 0. The molecule has 0 amide bonds. The molecule has 1 saturated heterocycles. The van der Waals surface area contributed by atoms with E-state index >= 15 is 0 Å². The summed E-state index contributed by atoms with van der Waals surface area (Å²) in [5.41, 5.74) is 3.12. The highest BCUT2D eigenvalue weighted by molar-refractivity contribution is 6.43. The molecule has 5 nitrogen and oxygen atoms in total. The van der Waals surface area contributed by atoms with Crippen LogP contribution in [-0.4, -0.2) is 37.4 Å². The normalized spacial score (nSPS) is 17.1. The van der Waals surface area contributed by atoms with Gasteiger partial charge in [0.1, 0.15) is 0 Å². The zero-order valence-electron chi connectivity index (χ0n) is 14.1. The van der Waals surface area contributed by atoms with Crippen LogP contribution in [-0.2, 0) is 4.65 Å². The lowest BCUT2D eigenvalue weighted by molar-refractivity contribution is 0.292. The smallest absolute Gasteiger partial charge is 0.454 e. The first-order valence-corrected chi connectivity index (χ1v) is 8.27. The van der Waals surface area contributed by atoms with Gasteiger partial charge in [-0.2, -0.15) is 0 Å². The molecule has 1 aromatic carbocycles. The standard InChI is InChI=1S/C18H22BNO4/c1-3-6-23-18-8-13(4-5-17(18)22-2)14-7-15(11-20-10-14)16-9-19(21)24-12-16/h4-5,7-8,10-11,16,21H,3,6,9,12H2,1-2H3/t16-/m0/s1. The number of nitrogens with zero attached hydrogens (tertiary/aromatic N) is 1. The lowest BCUT2D eigenvalue weighted by atomic mass is 9.80. The third kappa shape index (κ3) is 3.71. The number of aromatic nitrogens is 1. The predicted octanol–water partition coefficient (Wildman–Crippen LogP) is 3.14. The number of pyridine rings is 1. The van der Waals surface area contributed by atoms with Gasteiger partial charge in [0, 0.05) is 30.5 Å². The first-order chi connectivity index (χ1) is 11.7. The van der Waals surface area contributed by atoms with E-state index in [-0.39, 0.29) is 5.92 Å². The Labute approximate surface area is 142 Å².